The first kappa shape index (κ1) is 11.2. The quantitative estimate of drug-likeness (QED) is 0.748. The molecule has 0 amide bonds. The molecule has 2 atom stereocenters. The minimum absolute atomic E-state index is 0.166. The highest BCUT2D eigenvalue weighted by Gasteiger charge is 2.65. The molecule has 0 aromatic rings. The van der Waals surface area contributed by atoms with Gasteiger partial charge >= 0.3 is 6.18 Å². The minimum Gasteiger partial charge on any atom is -0.392 e. The number of aliphatic hydroxyl groups excluding tert-OH is 1. The van der Waals surface area contributed by atoms with E-state index in [4.69, 9.17) is 0 Å². The van der Waals surface area contributed by atoms with E-state index >= 15 is 0 Å². The van der Waals surface area contributed by atoms with Crippen molar-refractivity contribution >= 4 is 0 Å². The van der Waals surface area contributed by atoms with Crippen LogP contribution < -0.4 is 5.32 Å². The summed E-state index contributed by atoms with van der Waals surface area (Å²) in [6.45, 7) is 3.59. The largest absolute Gasteiger partial charge is 0.406 e. The topological polar surface area (TPSA) is 32.3 Å². The van der Waals surface area contributed by atoms with Gasteiger partial charge in [0, 0.05) is 11.5 Å². The molecule has 0 heterocycles. The summed E-state index contributed by atoms with van der Waals surface area (Å²) in [6.07, 6.45) is -3.90. The molecule has 0 aliphatic heterocycles. The van der Waals surface area contributed by atoms with Crippen molar-refractivity contribution in [1.82, 2.24) is 5.32 Å². The van der Waals surface area contributed by atoms with E-state index in [0.29, 0.717) is 6.42 Å². The summed E-state index contributed by atoms with van der Waals surface area (Å²) in [5.74, 6) is 0. The fourth-order valence-corrected chi connectivity index (χ4v) is 2.12. The van der Waals surface area contributed by atoms with Gasteiger partial charge in [-0.25, -0.2) is 0 Å². The van der Waals surface area contributed by atoms with Crippen molar-refractivity contribution < 1.29 is 18.3 Å². The van der Waals surface area contributed by atoms with Gasteiger partial charge in [-0.3, -0.25) is 0 Å². The van der Waals surface area contributed by atoms with E-state index in [1.807, 2.05) is 0 Å². The van der Waals surface area contributed by atoms with Crippen molar-refractivity contribution in [2.45, 2.75) is 57.0 Å². The number of nitrogens with one attached hydrogen (secondary N) is 1. The Bertz CT molecular complexity index is 270. The van der Waals surface area contributed by atoms with E-state index in [1.54, 1.807) is 13.8 Å². The van der Waals surface area contributed by atoms with Crippen molar-refractivity contribution in [3.05, 3.63) is 0 Å². The van der Waals surface area contributed by atoms with Crippen molar-refractivity contribution in [3.63, 3.8) is 0 Å². The molecule has 5 heteroatoms. The lowest BCUT2D eigenvalue weighted by atomic mass is 9.64. The highest BCUT2D eigenvalue weighted by molar-refractivity contribution is 5.13. The minimum atomic E-state index is -4.16. The SMILES string of the molecule is CC1(C)C(O)CC1NC1(C(F)(F)F)CC1. The molecule has 2 aliphatic carbocycles. The Hall–Kier alpha value is -0.290. The average Bonchev–Trinajstić information content (AvgIpc) is 2.84. The first-order valence-corrected chi connectivity index (χ1v) is 5.21. The van der Waals surface area contributed by atoms with Gasteiger partial charge in [-0.1, -0.05) is 13.8 Å². The van der Waals surface area contributed by atoms with Gasteiger partial charge < -0.3 is 10.4 Å². The molecule has 0 bridgehead atoms. The van der Waals surface area contributed by atoms with Crippen LogP contribution >= 0.6 is 0 Å². The Morgan fingerprint density at radius 3 is 2.07 bits per heavy atom. The second-order valence-electron chi connectivity index (χ2n) is 5.35. The van der Waals surface area contributed by atoms with Crippen LogP contribution in [0.5, 0.6) is 0 Å². The standard InChI is InChI=1S/C10H16F3NO/c1-8(2)6(5-7(8)15)14-9(3-4-9)10(11,12)13/h6-7,14-15H,3-5H2,1-2H3. The third kappa shape index (κ3) is 1.56. The fourth-order valence-electron chi connectivity index (χ4n) is 2.12. The highest BCUT2D eigenvalue weighted by Crippen LogP contribution is 2.52. The fraction of sp³-hybridized carbons (Fsp3) is 1.00. The zero-order valence-corrected chi connectivity index (χ0v) is 8.86. The number of hydrogen-bond donors (Lipinski definition) is 2. The molecule has 2 N–H and O–H groups in total. The van der Waals surface area contributed by atoms with Gasteiger partial charge in [-0.15, -0.1) is 0 Å². The van der Waals surface area contributed by atoms with Crippen LogP contribution in [0, 0.1) is 5.41 Å². The van der Waals surface area contributed by atoms with Crippen LogP contribution in [-0.2, 0) is 0 Å². The zero-order chi connectivity index (χ0) is 11.5. The molecular weight excluding hydrogens is 207 g/mol. The summed E-state index contributed by atoms with van der Waals surface area (Å²) in [4.78, 5) is 0. The van der Waals surface area contributed by atoms with Gasteiger partial charge in [0.1, 0.15) is 5.54 Å². The lowest BCUT2D eigenvalue weighted by Gasteiger charge is -2.51. The van der Waals surface area contributed by atoms with Gasteiger partial charge in [-0.05, 0) is 19.3 Å². The number of halogens is 3. The van der Waals surface area contributed by atoms with Crippen LogP contribution in [0.15, 0.2) is 0 Å². The molecule has 0 spiro atoms. The van der Waals surface area contributed by atoms with Crippen molar-refractivity contribution in [2.24, 2.45) is 5.41 Å². The maximum Gasteiger partial charge on any atom is 0.406 e. The number of aliphatic hydroxyl groups is 1. The van der Waals surface area contributed by atoms with Gasteiger partial charge in [0.05, 0.1) is 6.10 Å². The van der Waals surface area contributed by atoms with Crippen molar-refractivity contribution in [2.75, 3.05) is 0 Å². The van der Waals surface area contributed by atoms with Crippen LogP contribution in [0.2, 0.25) is 0 Å². The Morgan fingerprint density at radius 2 is 1.80 bits per heavy atom. The predicted molar refractivity (Wildman–Crippen MR) is 49.3 cm³/mol. The molecule has 15 heavy (non-hydrogen) atoms. The van der Waals surface area contributed by atoms with E-state index in [9.17, 15) is 18.3 Å². The summed E-state index contributed by atoms with van der Waals surface area (Å²) < 4.78 is 37.9. The summed E-state index contributed by atoms with van der Waals surface area (Å²) >= 11 is 0. The average molecular weight is 223 g/mol. The molecule has 2 aliphatic rings. The molecule has 88 valence electrons. The lowest BCUT2D eigenvalue weighted by Crippen LogP contribution is -2.64. The Labute approximate surface area is 86.9 Å². The molecule has 2 unspecified atom stereocenters. The van der Waals surface area contributed by atoms with Crippen LogP contribution in [0.1, 0.15) is 33.1 Å². The second-order valence-corrected chi connectivity index (χ2v) is 5.35. The summed E-state index contributed by atoms with van der Waals surface area (Å²) in [5.41, 5.74) is -2.10. The van der Waals surface area contributed by atoms with Gasteiger partial charge in [0.15, 0.2) is 0 Å². The number of hydrogen-bond acceptors (Lipinski definition) is 2. The van der Waals surface area contributed by atoms with E-state index in [1.165, 1.54) is 0 Å². The van der Waals surface area contributed by atoms with E-state index in [2.05, 4.69) is 5.32 Å². The van der Waals surface area contributed by atoms with Crippen LogP contribution in [-0.4, -0.2) is 29.0 Å². The van der Waals surface area contributed by atoms with Gasteiger partial charge in [0.2, 0.25) is 0 Å². The normalized spacial score (nSPS) is 37.2. The van der Waals surface area contributed by atoms with Gasteiger partial charge in [0.25, 0.3) is 0 Å². The zero-order valence-electron chi connectivity index (χ0n) is 8.86. The van der Waals surface area contributed by atoms with E-state index < -0.39 is 23.2 Å². The van der Waals surface area contributed by atoms with Crippen LogP contribution in [0.4, 0.5) is 13.2 Å². The van der Waals surface area contributed by atoms with Crippen molar-refractivity contribution in [1.29, 1.82) is 0 Å². The molecule has 0 radical (unpaired) electrons. The smallest absolute Gasteiger partial charge is 0.392 e. The van der Waals surface area contributed by atoms with Crippen LogP contribution in [0.3, 0.4) is 0 Å². The molecular formula is C10H16F3NO. The van der Waals surface area contributed by atoms with E-state index in [-0.39, 0.29) is 18.9 Å². The lowest BCUT2D eigenvalue weighted by molar-refractivity contribution is -0.180. The predicted octanol–water partition coefficient (Wildman–Crippen LogP) is 1.83. The molecule has 2 fully saturated rings. The maximum atomic E-state index is 12.6. The Morgan fingerprint density at radius 1 is 1.27 bits per heavy atom. The Balaban J connectivity index is 2.00. The molecule has 0 aromatic carbocycles. The molecule has 2 rings (SSSR count). The summed E-state index contributed by atoms with van der Waals surface area (Å²) in [6, 6.07) is -0.225. The molecule has 0 saturated heterocycles. The summed E-state index contributed by atoms with van der Waals surface area (Å²) in [5, 5.41) is 12.1. The molecule has 0 aromatic heterocycles. The number of rotatable bonds is 2. The highest BCUT2D eigenvalue weighted by atomic mass is 19.4. The monoisotopic (exact) mass is 223 g/mol. The first-order chi connectivity index (χ1) is 6.69. The third-order valence-electron chi connectivity index (χ3n) is 3.96. The number of alkyl halides is 3. The Kier molecular flexibility index (Phi) is 2.15. The molecule has 2 saturated carbocycles. The first-order valence-electron chi connectivity index (χ1n) is 5.21. The maximum absolute atomic E-state index is 12.6. The van der Waals surface area contributed by atoms with Gasteiger partial charge in [-0.2, -0.15) is 13.2 Å². The molecule has 2 nitrogen and oxygen atoms in total. The second kappa shape index (κ2) is 2.88. The van der Waals surface area contributed by atoms with Crippen LogP contribution in [0.25, 0.3) is 0 Å². The van der Waals surface area contributed by atoms with E-state index in [0.717, 1.165) is 0 Å². The third-order valence-corrected chi connectivity index (χ3v) is 3.96. The van der Waals surface area contributed by atoms with Crippen molar-refractivity contribution in [3.8, 4) is 0 Å². The summed E-state index contributed by atoms with van der Waals surface area (Å²) in [7, 11) is 0.